The van der Waals surface area contributed by atoms with Crippen LogP contribution in [0.3, 0.4) is 0 Å². The van der Waals surface area contributed by atoms with E-state index in [4.69, 9.17) is 0 Å². The highest BCUT2D eigenvalue weighted by molar-refractivity contribution is 5.76. The maximum Gasteiger partial charge on any atom is 0.276 e. The predicted molar refractivity (Wildman–Crippen MR) is 152 cm³/mol. The highest BCUT2D eigenvalue weighted by Crippen LogP contribution is 2.24. The largest absolute Gasteiger partial charge is 0.692 e. The topological polar surface area (TPSA) is 176 Å². The summed E-state index contributed by atoms with van der Waals surface area (Å²) in [6, 6.07) is 20.2. The van der Waals surface area contributed by atoms with Gasteiger partial charge in [-0.15, -0.1) is 9.69 Å². The molecule has 0 aliphatic heterocycles. The summed E-state index contributed by atoms with van der Waals surface area (Å²) in [7, 11) is 0. The zero-order valence-electron chi connectivity index (χ0n) is 23.0. The van der Waals surface area contributed by atoms with E-state index in [1.807, 2.05) is 44.2 Å². The molecule has 0 N–H and O–H groups in total. The second-order valence-electron chi connectivity index (χ2n) is 9.72. The van der Waals surface area contributed by atoms with Crippen molar-refractivity contribution < 1.29 is 19.5 Å². The quantitative estimate of drug-likeness (QED) is 0.130. The van der Waals surface area contributed by atoms with Crippen molar-refractivity contribution in [2.45, 2.75) is 27.7 Å². The van der Waals surface area contributed by atoms with Gasteiger partial charge in [0.25, 0.3) is 22.4 Å². The third kappa shape index (κ3) is 4.92. The molecule has 2 heterocycles. The van der Waals surface area contributed by atoms with Gasteiger partial charge in [0.1, 0.15) is 11.4 Å². The van der Waals surface area contributed by atoms with E-state index in [1.54, 1.807) is 44.2 Å². The van der Waals surface area contributed by atoms with Gasteiger partial charge in [0.2, 0.25) is 11.0 Å². The van der Waals surface area contributed by atoms with E-state index in [9.17, 15) is 30.6 Å². The number of aromatic nitrogens is 6. The summed E-state index contributed by atoms with van der Waals surface area (Å²) in [6.45, 7) is 7.06. The number of benzene rings is 4. The summed E-state index contributed by atoms with van der Waals surface area (Å²) >= 11 is 0. The molecule has 0 bridgehead atoms. The van der Waals surface area contributed by atoms with Crippen molar-refractivity contribution in [3.63, 3.8) is 0 Å². The highest BCUT2D eigenvalue weighted by atomic mass is 16.6. The van der Waals surface area contributed by atoms with Gasteiger partial charge in [-0.25, -0.2) is 0 Å². The number of nitro benzene ring substituents is 2. The fourth-order valence-corrected chi connectivity index (χ4v) is 4.47. The zero-order valence-corrected chi connectivity index (χ0v) is 23.0. The minimum atomic E-state index is -0.502. The molecule has 4 aromatic carbocycles. The van der Waals surface area contributed by atoms with Crippen LogP contribution in [0.25, 0.3) is 33.4 Å². The standard InChI is InChI=1S/2C14H12N4O3/c1-9-3-5-11(6-4-9)16-15-12-7-10(2)13(18(20)21)8-14(12)17(16)19;1-9-5-3-4-6-12(9)16-15-11-7-10(2)13(18(20)21)8-14(11)17(16)19/h2*3-8H,1-2H3. The minimum absolute atomic E-state index is 0.0866. The lowest BCUT2D eigenvalue weighted by atomic mass is 10.2. The number of nitrogens with zero attached hydrogens (tertiary/aromatic N) is 8. The molecule has 42 heavy (non-hydrogen) atoms. The summed E-state index contributed by atoms with van der Waals surface area (Å²) in [6.07, 6.45) is 0. The predicted octanol–water partition coefficient (Wildman–Crippen LogP) is 4.37. The van der Waals surface area contributed by atoms with Crippen LogP contribution in [0.4, 0.5) is 11.4 Å². The van der Waals surface area contributed by atoms with Crippen molar-refractivity contribution in [1.82, 2.24) is 19.8 Å². The van der Waals surface area contributed by atoms with E-state index in [0.29, 0.717) is 43.2 Å². The normalized spacial score (nSPS) is 11.0. The van der Waals surface area contributed by atoms with Crippen LogP contribution in [0.1, 0.15) is 22.3 Å². The van der Waals surface area contributed by atoms with E-state index < -0.39 is 9.85 Å². The first-order valence-corrected chi connectivity index (χ1v) is 12.6. The first-order chi connectivity index (χ1) is 20.0. The van der Waals surface area contributed by atoms with Gasteiger partial charge < -0.3 is 10.4 Å². The summed E-state index contributed by atoms with van der Waals surface area (Å²) in [5.41, 5.74) is 5.18. The monoisotopic (exact) mass is 568 g/mol. The van der Waals surface area contributed by atoms with Gasteiger partial charge in [0.05, 0.1) is 32.2 Å². The molecule has 0 aliphatic rings. The van der Waals surface area contributed by atoms with Crippen LogP contribution in [0.5, 0.6) is 0 Å². The van der Waals surface area contributed by atoms with Crippen LogP contribution in [0, 0.1) is 58.3 Å². The third-order valence-electron chi connectivity index (χ3n) is 6.74. The maximum atomic E-state index is 12.4. The zero-order chi connectivity index (χ0) is 30.3. The van der Waals surface area contributed by atoms with Crippen LogP contribution in [0.15, 0.2) is 72.8 Å². The lowest BCUT2D eigenvalue weighted by Gasteiger charge is -2.05. The maximum absolute atomic E-state index is 12.4. The van der Waals surface area contributed by atoms with E-state index in [-0.39, 0.29) is 22.4 Å². The average molecular weight is 569 g/mol. The van der Waals surface area contributed by atoms with Crippen molar-refractivity contribution in [3.8, 4) is 11.4 Å². The van der Waals surface area contributed by atoms with E-state index in [2.05, 4.69) is 10.2 Å². The van der Waals surface area contributed by atoms with Gasteiger partial charge in [-0.3, -0.25) is 20.2 Å². The molecule has 212 valence electrons. The Balaban J connectivity index is 0.000000168. The van der Waals surface area contributed by atoms with Crippen molar-refractivity contribution in [1.29, 1.82) is 0 Å². The number of aryl methyl sites for hydroxylation is 4. The second kappa shape index (κ2) is 10.6. The first-order valence-electron chi connectivity index (χ1n) is 12.6. The van der Waals surface area contributed by atoms with Crippen molar-refractivity contribution in [2.75, 3.05) is 0 Å². The van der Waals surface area contributed by atoms with Gasteiger partial charge in [-0.2, -0.15) is 0 Å². The molecule has 14 nitrogen and oxygen atoms in total. The van der Waals surface area contributed by atoms with E-state index in [1.165, 1.54) is 21.7 Å². The van der Waals surface area contributed by atoms with Crippen molar-refractivity contribution >= 4 is 33.4 Å². The van der Waals surface area contributed by atoms with Gasteiger partial charge in [-0.05, 0) is 61.1 Å². The lowest BCUT2D eigenvalue weighted by molar-refractivity contribution is -0.664. The SMILES string of the molecule is Cc1ccc(-n2nc3cc(C)c([N+](=O)[O-])cc3[n+]2[O-])cc1.Cc1ccccc1-n1nc2cc(C)c([N+](=O)[O-])cc2[n+]1[O-]. The number of rotatable bonds is 4. The molecule has 14 heteroatoms. The minimum Gasteiger partial charge on any atom is -0.692 e. The van der Waals surface area contributed by atoms with Crippen LogP contribution in [-0.4, -0.2) is 29.6 Å². The summed E-state index contributed by atoms with van der Waals surface area (Å²) in [5, 5.41) is 55.1. The van der Waals surface area contributed by atoms with Crippen LogP contribution in [-0.2, 0) is 0 Å². The Morgan fingerprint density at radius 2 is 1.12 bits per heavy atom. The molecule has 0 aliphatic carbocycles. The Labute approximate surface area is 237 Å². The number of fused-ring (bicyclic) bond motifs is 2. The van der Waals surface area contributed by atoms with Crippen molar-refractivity contribution in [3.05, 3.63) is 126 Å². The Hall–Kier alpha value is -5.92. The molecular formula is C28H24N8O6. The molecule has 0 unspecified atom stereocenters. The van der Waals surface area contributed by atoms with Gasteiger partial charge in [-0.1, -0.05) is 35.9 Å². The highest BCUT2D eigenvalue weighted by Gasteiger charge is 2.23. The summed E-state index contributed by atoms with van der Waals surface area (Å²) in [5.74, 6) is 0. The Morgan fingerprint density at radius 3 is 1.62 bits per heavy atom. The number of hydrogen-bond donors (Lipinski definition) is 0. The molecule has 0 atom stereocenters. The van der Waals surface area contributed by atoms with Crippen LogP contribution in [0.2, 0.25) is 0 Å². The molecule has 0 saturated carbocycles. The van der Waals surface area contributed by atoms with E-state index >= 15 is 0 Å². The first kappa shape index (κ1) is 27.6. The Kier molecular flexibility index (Phi) is 6.96. The molecule has 0 radical (unpaired) electrons. The molecule has 0 amide bonds. The molecule has 0 spiro atoms. The van der Waals surface area contributed by atoms with Gasteiger partial charge in [0.15, 0.2) is 0 Å². The number of nitro groups is 2. The lowest BCUT2D eigenvalue weighted by Crippen LogP contribution is -2.37. The van der Waals surface area contributed by atoms with Gasteiger partial charge >= 0.3 is 0 Å². The fourth-order valence-electron chi connectivity index (χ4n) is 4.47. The van der Waals surface area contributed by atoms with E-state index in [0.717, 1.165) is 11.1 Å². The average Bonchev–Trinajstić information content (AvgIpc) is 3.43. The second-order valence-corrected chi connectivity index (χ2v) is 9.72. The van der Waals surface area contributed by atoms with Crippen LogP contribution < -0.4 is 9.69 Å². The molecule has 0 fully saturated rings. The van der Waals surface area contributed by atoms with Gasteiger partial charge in [0, 0.05) is 23.3 Å². The summed E-state index contributed by atoms with van der Waals surface area (Å²) in [4.78, 5) is 24.5. The summed E-state index contributed by atoms with van der Waals surface area (Å²) < 4.78 is 0. The third-order valence-corrected chi connectivity index (χ3v) is 6.74. The Bertz CT molecular complexity index is 2010. The van der Waals surface area contributed by atoms with Crippen molar-refractivity contribution in [2.24, 2.45) is 0 Å². The number of para-hydroxylation sites is 1. The number of hydrogen-bond acceptors (Lipinski definition) is 8. The molecular weight excluding hydrogens is 544 g/mol. The molecule has 6 aromatic rings. The Morgan fingerprint density at radius 1 is 0.643 bits per heavy atom. The molecule has 6 rings (SSSR count). The molecule has 0 saturated heterocycles. The molecule has 2 aromatic heterocycles. The fraction of sp³-hybridized carbons (Fsp3) is 0.143. The smallest absolute Gasteiger partial charge is 0.276 e. The van der Waals surface area contributed by atoms with Crippen LogP contribution >= 0.6 is 0 Å².